The van der Waals surface area contributed by atoms with E-state index in [1.54, 1.807) is 6.20 Å². The predicted octanol–water partition coefficient (Wildman–Crippen LogP) is 4.10. The van der Waals surface area contributed by atoms with Gasteiger partial charge in [0.05, 0.1) is 18.8 Å². The number of guanidine groups is 1. The molecule has 1 N–H and O–H groups in total. The third-order valence-corrected chi connectivity index (χ3v) is 4.77. The lowest BCUT2D eigenvalue weighted by atomic mass is 10.2. The van der Waals surface area contributed by atoms with Crippen molar-refractivity contribution in [1.29, 1.82) is 0 Å². The first kappa shape index (κ1) is 24.4. The summed E-state index contributed by atoms with van der Waals surface area (Å²) in [5.41, 5.74) is 2.06. The first-order valence-electron chi connectivity index (χ1n) is 10.4. The molecular formula is C23H33IN4O2. The van der Waals surface area contributed by atoms with Crippen molar-refractivity contribution in [2.75, 3.05) is 33.4 Å². The first-order chi connectivity index (χ1) is 14.2. The van der Waals surface area contributed by atoms with Gasteiger partial charge in [-0.1, -0.05) is 18.2 Å². The second kappa shape index (κ2) is 13.4. The third-order valence-electron chi connectivity index (χ3n) is 4.77. The van der Waals surface area contributed by atoms with Gasteiger partial charge < -0.3 is 19.7 Å². The molecule has 30 heavy (non-hydrogen) atoms. The Hall–Kier alpha value is -1.87. The Labute approximate surface area is 197 Å². The van der Waals surface area contributed by atoms with Gasteiger partial charge in [0.2, 0.25) is 0 Å². The van der Waals surface area contributed by atoms with Gasteiger partial charge >= 0.3 is 0 Å². The van der Waals surface area contributed by atoms with Crippen molar-refractivity contribution >= 4 is 29.9 Å². The standard InChI is InChI=1S/C23H32N4O2.HI/c1-3-24-23(27(2)14-15-28-17-20-7-8-20)26-16-19-9-11-22(12-10-19)29-18-21-6-4-5-13-25-21;/h4-6,9-13,20H,3,7-8,14-18H2,1-2H3,(H,24,26);1H. The van der Waals surface area contributed by atoms with E-state index in [1.165, 1.54) is 12.8 Å². The van der Waals surface area contributed by atoms with Crippen LogP contribution in [0.1, 0.15) is 31.0 Å². The number of nitrogens with one attached hydrogen (secondary N) is 1. The summed E-state index contributed by atoms with van der Waals surface area (Å²) in [5.74, 6) is 2.54. The van der Waals surface area contributed by atoms with Gasteiger partial charge in [-0.25, -0.2) is 4.99 Å². The number of likely N-dealkylation sites (N-methyl/N-ethyl adjacent to an activating group) is 1. The van der Waals surface area contributed by atoms with Crippen molar-refractivity contribution in [3.05, 3.63) is 59.9 Å². The SMILES string of the molecule is CCNC(=NCc1ccc(OCc2ccccn2)cc1)N(C)CCOCC1CC1.I. The summed E-state index contributed by atoms with van der Waals surface area (Å²) in [7, 11) is 2.05. The molecule has 0 atom stereocenters. The van der Waals surface area contributed by atoms with Gasteiger partial charge in [0, 0.05) is 32.9 Å². The number of aromatic nitrogens is 1. The Morgan fingerprint density at radius 2 is 2.00 bits per heavy atom. The number of rotatable bonds is 11. The van der Waals surface area contributed by atoms with Crippen molar-refractivity contribution in [3.63, 3.8) is 0 Å². The topological polar surface area (TPSA) is 59.0 Å². The molecule has 1 aliphatic carbocycles. The van der Waals surface area contributed by atoms with Crippen LogP contribution < -0.4 is 10.1 Å². The second-order valence-electron chi connectivity index (χ2n) is 7.36. The molecule has 7 heteroatoms. The van der Waals surface area contributed by atoms with Crippen molar-refractivity contribution < 1.29 is 9.47 Å². The van der Waals surface area contributed by atoms with Crippen LogP contribution in [0.4, 0.5) is 0 Å². The summed E-state index contributed by atoms with van der Waals surface area (Å²) >= 11 is 0. The van der Waals surface area contributed by atoms with E-state index in [0.29, 0.717) is 13.2 Å². The minimum absolute atomic E-state index is 0. The van der Waals surface area contributed by atoms with Crippen molar-refractivity contribution in [2.24, 2.45) is 10.9 Å². The monoisotopic (exact) mass is 524 g/mol. The van der Waals surface area contributed by atoms with E-state index in [2.05, 4.69) is 41.3 Å². The van der Waals surface area contributed by atoms with E-state index < -0.39 is 0 Å². The molecule has 0 aliphatic heterocycles. The highest BCUT2D eigenvalue weighted by molar-refractivity contribution is 14.0. The van der Waals surface area contributed by atoms with Crippen LogP contribution in [0.15, 0.2) is 53.7 Å². The summed E-state index contributed by atoms with van der Waals surface area (Å²) in [6.45, 7) is 6.48. The van der Waals surface area contributed by atoms with Crippen LogP contribution in [0, 0.1) is 5.92 Å². The van der Waals surface area contributed by atoms with Gasteiger partial charge in [0.1, 0.15) is 12.4 Å². The summed E-state index contributed by atoms with van der Waals surface area (Å²) in [6, 6.07) is 13.9. The number of aliphatic imine (C=N–C) groups is 1. The molecule has 0 bridgehead atoms. The Kier molecular flexibility index (Phi) is 10.9. The lowest BCUT2D eigenvalue weighted by molar-refractivity contribution is 0.115. The molecule has 0 unspecified atom stereocenters. The molecule has 2 aromatic rings. The maximum atomic E-state index is 5.79. The summed E-state index contributed by atoms with van der Waals surface area (Å²) in [5, 5.41) is 3.35. The van der Waals surface area contributed by atoms with E-state index in [-0.39, 0.29) is 24.0 Å². The molecule has 1 heterocycles. The zero-order valence-electron chi connectivity index (χ0n) is 17.9. The lowest BCUT2D eigenvalue weighted by Crippen LogP contribution is -2.40. The number of pyridine rings is 1. The van der Waals surface area contributed by atoms with Gasteiger partial charge in [-0.15, -0.1) is 24.0 Å². The van der Waals surface area contributed by atoms with Crippen molar-refractivity contribution in [1.82, 2.24) is 15.2 Å². The first-order valence-corrected chi connectivity index (χ1v) is 10.4. The summed E-state index contributed by atoms with van der Waals surface area (Å²) in [4.78, 5) is 11.2. The van der Waals surface area contributed by atoms with E-state index in [4.69, 9.17) is 14.5 Å². The molecule has 1 aromatic heterocycles. The maximum Gasteiger partial charge on any atom is 0.194 e. The normalized spacial score (nSPS) is 13.5. The minimum atomic E-state index is 0. The van der Waals surface area contributed by atoms with Crippen LogP contribution in [0.2, 0.25) is 0 Å². The zero-order valence-corrected chi connectivity index (χ0v) is 20.2. The molecule has 0 radical (unpaired) electrons. The van der Waals surface area contributed by atoms with Crippen molar-refractivity contribution in [3.8, 4) is 5.75 Å². The molecule has 1 aromatic carbocycles. The largest absolute Gasteiger partial charge is 0.487 e. The van der Waals surface area contributed by atoms with E-state index in [1.807, 2.05) is 30.3 Å². The quantitative estimate of drug-likeness (QED) is 0.208. The molecule has 1 fully saturated rings. The van der Waals surface area contributed by atoms with Gasteiger partial charge in [0.25, 0.3) is 0 Å². The second-order valence-corrected chi connectivity index (χ2v) is 7.36. The summed E-state index contributed by atoms with van der Waals surface area (Å²) in [6.07, 6.45) is 4.43. The van der Waals surface area contributed by atoms with Crippen LogP contribution in [-0.4, -0.2) is 49.2 Å². The van der Waals surface area contributed by atoms with Crippen LogP contribution in [0.3, 0.4) is 0 Å². The van der Waals surface area contributed by atoms with Gasteiger partial charge in [0.15, 0.2) is 5.96 Å². The number of ether oxygens (including phenoxy) is 2. The van der Waals surface area contributed by atoms with E-state index >= 15 is 0 Å². The Morgan fingerprint density at radius 3 is 2.67 bits per heavy atom. The van der Waals surface area contributed by atoms with Crippen LogP contribution in [-0.2, 0) is 17.9 Å². The Balaban J connectivity index is 0.00000320. The molecule has 0 amide bonds. The molecule has 3 rings (SSSR count). The highest BCUT2D eigenvalue weighted by Gasteiger charge is 2.21. The molecule has 6 nitrogen and oxygen atoms in total. The van der Waals surface area contributed by atoms with Crippen LogP contribution in [0.5, 0.6) is 5.75 Å². The summed E-state index contributed by atoms with van der Waals surface area (Å²) < 4.78 is 11.5. The number of benzene rings is 1. The number of nitrogens with zero attached hydrogens (tertiary/aromatic N) is 3. The van der Waals surface area contributed by atoms with Gasteiger partial charge in [-0.3, -0.25) is 4.98 Å². The third kappa shape index (κ3) is 8.87. The van der Waals surface area contributed by atoms with Crippen molar-refractivity contribution in [2.45, 2.75) is 32.9 Å². The molecule has 164 valence electrons. The highest BCUT2D eigenvalue weighted by atomic mass is 127. The predicted molar refractivity (Wildman–Crippen MR) is 131 cm³/mol. The maximum absolute atomic E-state index is 5.79. The molecule has 0 saturated heterocycles. The number of halogens is 1. The molecular weight excluding hydrogens is 491 g/mol. The highest BCUT2D eigenvalue weighted by Crippen LogP contribution is 2.28. The van der Waals surface area contributed by atoms with Crippen LogP contribution >= 0.6 is 24.0 Å². The van der Waals surface area contributed by atoms with E-state index in [9.17, 15) is 0 Å². The number of hydrogen-bond acceptors (Lipinski definition) is 4. The smallest absolute Gasteiger partial charge is 0.194 e. The fourth-order valence-corrected chi connectivity index (χ4v) is 2.81. The molecule has 0 spiro atoms. The molecule has 1 saturated carbocycles. The molecule has 1 aliphatic rings. The minimum Gasteiger partial charge on any atom is -0.487 e. The average molecular weight is 524 g/mol. The fourth-order valence-electron chi connectivity index (χ4n) is 2.81. The van der Waals surface area contributed by atoms with E-state index in [0.717, 1.165) is 55.2 Å². The Bertz CT molecular complexity index is 752. The fraction of sp³-hybridized carbons (Fsp3) is 0.478. The van der Waals surface area contributed by atoms with Gasteiger partial charge in [-0.05, 0) is 55.5 Å². The average Bonchev–Trinajstić information content (AvgIpc) is 3.58. The lowest BCUT2D eigenvalue weighted by Gasteiger charge is -2.22. The number of hydrogen-bond donors (Lipinski definition) is 1. The Morgan fingerprint density at radius 1 is 1.20 bits per heavy atom. The van der Waals surface area contributed by atoms with Gasteiger partial charge in [-0.2, -0.15) is 0 Å². The van der Waals surface area contributed by atoms with Crippen LogP contribution in [0.25, 0.3) is 0 Å². The zero-order chi connectivity index (χ0) is 20.3.